The summed E-state index contributed by atoms with van der Waals surface area (Å²) < 4.78 is 58.6. The topological polar surface area (TPSA) is 93.2 Å². The highest BCUT2D eigenvalue weighted by Crippen LogP contribution is 2.33. The monoisotopic (exact) mass is 546 g/mol. The van der Waals surface area contributed by atoms with E-state index in [9.17, 15) is 17.2 Å². The van der Waals surface area contributed by atoms with E-state index in [0.29, 0.717) is 34.9 Å². The van der Waals surface area contributed by atoms with E-state index in [1.54, 1.807) is 31.2 Å². The number of unbranched alkanes of at least 4 members (excludes halogenated alkanes) is 1. The number of alkyl halides is 3. The van der Waals surface area contributed by atoms with Crippen LogP contribution in [0, 0.1) is 6.92 Å². The Bertz CT molecular complexity index is 1510. The summed E-state index contributed by atoms with van der Waals surface area (Å²) in [6.07, 6.45) is 1.63. The van der Waals surface area contributed by atoms with Crippen LogP contribution in [-0.4, -0.2) is 30.7 Å². The molecule has 11 heteroatoms. The molecular weight excluding hydrogens is 522 g/mol. The molecule has 4 rings (SSSR count). The molecule has 0 atom stereocenters. The minimum absolute atomic E-state index is 0.0915. The zero-order valence-corrected chi connectivity index (χ0v) is 21.7. The predicted molar refractivity (Wildman–Crippen MR) is 141 cm³/mol. The molecule has 0 saturated heterocycles. The number of anilines is 2. The predicted octanol–water partition coefficient (Wildman–Crippen LogP) is 6.60. The van der Waals surface area contributed by atoms with E-state index in [-0.39, 0.29) is 10.6 Å². The molecule has 0 aliphatic heterocycles. The quantitative estimate of drug-likeness (QED) is 0.172. The molecule has 3 aromatic carbocycles. The van der Waals surface area contributed by atoms with E-state index < -0.39 is 15.6 Å². The number of ether oxygens (including phenoxy) is 1. The van der Waals surface area contributed by atoms with Gasteiger partial charge in [0.1, 0.15) is 11.4 Å². The summed E-state index contributed by atoms with van der Waals surface area (Å²) in [5.41, 5.74) is -1.46. The van der Waals surface area contributed by atoms with Crippen molar-refractivity contribution in [1.29, 1.82) is 0 Å². The Hall–Kier alpha value is -3.34. The molecular formula is C26H25ClF2N4O3S. The SMILES string of the molecule is CCCCNS(=O)(=O)c1cc(-c2nnc(Nc3ccc(OC(F)(F)Cl)cc3)c3ccccc23)ccc1C. The number of fused-ring (bicyclic) bond motifs is 1. The molecule has 0 amide bonds. The Morgan fingerprint density at radius 3 is 2.38 bits per heavy atom. The maximum Gasteiger partial charge on any atom is 0.487 e. The number of sulfonamides is 1. The van der Waals surface area contributed by atoms with Crippen LogP contribution in [0.1, 0.15) is 25.3 Å². The molecule has 7 nitrogen and oxygen atoms in total. The first-order valence-corrected chi connectivity index (χ1v) is 13.4. The average molecular weight is 547 g/mol. The number of halogens is 3. The summed E-state index contributed by atoms with van der Waals surface area (Å²) >= 11 is 4.81. The molecule has 0 radical (unpaired) electrons. The Kier molecular flexibility index (Phi) is 7.91. The third-order valence-electron chi connectivity index (χ3n) is 5.61. The van der Waals surface area contributed by atoms with Gasteiger partial charge >= 0.3 is 5.57 Å². The van der Waals surface area contributed by atoms with Gasteiger partial charge in [-0.2, -0.15) is 0 Å². The van der Waals surface area contributed by atoms with E-state index in [2.05, 4.69) is 25.0 Å². The highest BCUT2D eigenvalue weighted by atomic mass is 35.5. The number of benzene rings is 3. The van der Waals surface area contributed by atoms with Crippen LogP contribution in [0.3, 0.4) is 0 Å². The summed E-state index contributed by atoms with van der Waals surface area (Å²) in [5, 5.41) is 13.4. The third kappa shape index (κ3) is 6.51. The number of rotatable bonds is 10. The van der Waals surface area contributed by atoms with Crippen molar-refractivity contribution in [2.45, 2.75) is 37.2 Å². The smallest absolute Gasteiger partial charge is 0.420 e. The van der Waals surface area contributed by atoms with Gasteiger partial charge in [0.2, 0.25) is 10.0 Å². The van der Waals surface area contributed by atoms with Gasteiger partial charge in [-0.25, -0.2) is 13.1 Å². The van der Waals surface area contributed by atoms with Crippen molar-refractivity contribution in [2.75, 3.05) is 11.9 Å². The molecule has 1 aromatic heterocycles. The first-order valence-electron chi connectivity index (χ1n) is 11.6. The van der Waals surface area contributed by atoms with E-state index in [1.165, 1.54) is 12.1 Å². The first kappa shape index (κ1) is 26.7. The molecule has 194 valence electrons. The van der Waals surface area contributed by atoms with Gasteiger partial charge in [0.05, 0.1) is 4.90 Å². The number of nitrogens with one attached hydrogen (secondary N) is 2. The molecule has 1 heterocycles. The normalized spacial score (nSPS) is 12.0. The summed E-state index contributed by atoms with van der Waals surface area (Å²) in [6.45, 7) is 4.11. The fourth-order valence-electron chi connectivity index (χ4n) is 3.78. The van der Waals surface area contributed by atoms with Gasteiger partial charge in [0, 0.05) is 40.2 Å². The van der Waals surface area contributed by atoms with Crippen LogP contribution < -0.4 is 14.8 Å². The number of hydrogen-bond acceptors (Lipinski definition) is 6. The summed E-state index contributed by atoms with van der Waals surface area (Å²) in [4.78, 5) is 0.194. The molecule has 0 aliphatic rings. The third-order valence-corrected chi connectivity index (χ3v) is 7.29. The zero-order valence-electron chi connectivity index (χ0n) is 20.1. The van der Waals surface area contributed by atoms with E-state index in [4.69, 9.17) is 11.6 Å². The number of aryl methyl sites for hydroxylation is 1. The minimum atomic E-state index is -3.80. The van der Waals surface area contributed by atoms with Crippen LogP contribution in [0.4, 0.5) is 20.3 Å². The van der Waals surface area contributed by atoms with Crippen LogP contribution >= 0.6 is 11.6 Å². The number of aromatic nitrogens is 2. The summed E-state index contributed by atoms with van der Waals surface area (Å²) in [6, 6.07) is 18.4. The molecule has 0 saturated carbocycles. The lowest BCUT2D eigenvalue weighted by Crippen LogP contribution is -2.25. The standard InChI is InChI=1S/C26H25ClF2N4O3S/c1-3-4-15-30-37(34,35)23-16-18(10-9-17(23)2)24-21-7-5-6-8-22(21)25(33-32-24)31-19-11-13-20(14-12-19)36-26(27,28)29/h5-14,16,30H,3-4,15H2,1-2H3,(H,31,33). The summed E-state index contributed by atoms with van der Waals surface area (Å²) in [5.74, 6) is 0.350. The Balaban J connectivity index is 1.68. The van der Waals surface area contributed by atoms with Crippen molar-refractivity contribution in [2.24, 2.45) is 0 Å². The molecule has 0 bridgehead atoms. The van der Waals surface area contributed by atoms with Crippen LogP contribution in [0.5, 0.6) is 5.75 Å². The van der Waals surface area contributed by atoms with E-state index in [0.717, 1.165) is 23.6 Å². The van der Waals surface area contributed by atoms with Gasteiger partial charge in [0.25, 0.3) is 0 Å². The van der Waals surface area contributed by atoms with Crippen molar-refractivity contribution in [3.8, 4) is 17.0 Å². The van der Waals surface area contributed by atoms with E-state index in [1.807, 2.05) is 37.3 Å². The molecule has 0 fully saturated rings. The molecule has 37 heavy (non-hydrogen) atoms. The van der Waals surface area contributed by atoms with E-state index >= 15 is 0 Å². The Morgan fingerprint density at radius 1 is 1.00 bits per heavy atom. The lowest BCUT2D eigenvalue weighted by molar-refractivity contribution is -0.0964. The second kappa shape index (κ2) is 11.0. The molecule has 2 N–H and O–H groups in total. The fraction of sp³-hybridized carbons (Fsp3) is 0.231. The zero-order chi connectivity index (χ0) is 26.6. The van der Waals surface area contributed by atoms with Gasteiger partial charge in [-0.1, -0.05) is 49.7 Å². The highest BCUT2D eigenvalue weighted by molar-refractivity contribution is 7.89. The summed E-state index contributed by atoms with van der Waals surface area (Å²) in [7, 11) is -3.69. The molecule has 4 aromatic rings. The van der Waals surface area contributed by atoms with Crippen LogP contribution in [0.25, 0.3) is 22.0 Å². The van der Waals surface area contributed by atoms with Crippen molar-refractivity contribution in [3.05, 3.63) is 72.3 Å². The second-order valence-corrected chi connectivity index (χ2v) is 10.5. The first-order chi connectivity index (χ1) is 17.6. The van der Waals surface area contributed by atoms with Gasteiger partial charge in [-0.05, 0) is 49.2 Å². The molecule has 0 spiro atoms. The largest absolute Gasteiger partial charge is 0.487 e. The minimum Gasteiger partial charge on any atom is -0.420 e. The maximum atomic E-state index is 12.9. The van der Waals surface area contributed by atoms with Crippen molar-refractivity contribution >= 4 is 43.9 Å². The van der Waals surface area contributed by atoms with Crippen molar-refractivity contribution < 1.29 is 21.9 Å². The fourth-order valence-corrected chi connectivity index (χ4v) is 5.22. The average Bonchev–Trinajstić information content (AvgIpc) is 2.85. The van der Waals surface area contributed by atoms with Gasteiger partial charge in [-0.3, -0.25) is 0 Å². The van der Waals surface area contributed by atoms with Crippen LogP contribution in [0.2, 0.25) is 0 Å². The molecule has 0 unspecified atom stereocenters. The second-order valence-electron chi connectivity index (χ2n) is 8.37. The van der Waals surface area contributed by atoms with Crippen LogP contribution in [0.15, 0.2) is 71.6 Å². The maximum absolute atomic E-state index is 12.9. The Labute approximate surface area is 218 Å². The highest BCUT2D eigenvalue weighted by Gasteiger charge is 2.27. The lowest BCUT2D eigenvalue weighted by atomic mass is 10.0. The van der Waals surface area contributed by atoms with Crippen molar-refractivity contribution in [3.63, 3.8) is 0 Å². The Morgan fingerprint density at radius 2 is 1.70 bits per heavy atom. The van der Waals surface area contributed by atoms with Gasteiger partial charge in [0.15, 0.2) is 5.82 Å². The van der Waals surface area contributed by atoms with Crippen LogP contribution in [-0.2, 0) is 10.0 Å². The lowest BCUT2D eigenvalue weighted by Gasteiger charge is -2.14. The number of nitrogens with zero attached hydrogens (tertiary/aromatic N) is 2. The van der Waals surface area contributed by atoms with Gasteiger partial charge < -0.3 is 10.1 Å². The van der Waals surface area contributed by atoms with Crippen molar-refractivity contribution in [1.82, 2.24) is 14.9 Å². The van der Waals surface area contributed by atoms with Gasteiger partial charge in [-0.15, -0.1) is 19.0 Å². The molecule has 0 aliphatic carbocycles. The number of hydrogen-bond donors (Lipinski definition) is 2.